The molecule has 1 atom stereocenters. The number of likely N-dealkylation sites (N-methyl/N-ethyl adjacent to an activating group) is 1. The van der Waals surface area contributed by atoms with Gasteiger partial charge in [-0.15, -0.1) is 0 Å². The lowest BCUT2D eigenvalue weighted by molar-refractivity contribution is 0.414. The van der Waals surface area contributed by atoms with E-state index in [4.69, 9.17) is 4.74 Å². The van der Waals surface area contributed by atoms with Crippen molar-refractivity contribution in [1.29, 1.82) is 0 Å². The Kier molecular flexibility index (Phi) is 7.76. The summed E-state index contributed by atoms with van der Waals surface area (Å²) in [5, 5.41) is 6.94. The van der Waals surface area contributed by atoms with E-state index in [0.717, 1.165) is 31.9 Å². The molecule has 0 spiro atoms. The average Bonchev–Trinajstić information content (AvgIpc) is 2.67. The second kappa shape index (κ2) is 10.1. The number of anilines is 1. The van der Waals surface area contributed by atoms with Gasteiger partial charge >= 0.3 is 0 Å². The first-order valence-electron chi connectivity index (χ1n) is 9.07. The first-order chi connectivity index (χ1) is 12.2. The highest BCUT2D eigenvalue weighted by Crippen LogP contribution is 2.19. The molecule has 0 heterocycles. The Morgan fingerprint density at radius 2 is 1.60 bits per heavy atom. The van der Waals surface area contributed by atoms with Crippen molar-refractivity contribution in [2.24, 2.45) is 0 Å². The van der Waals surface area contributed by atoms with Gasteiger partial charge < -0.3 is 20.3 Å². The summed E-state index contributed by atoms with van der Waals surface area (Å²) in [5.41, 5.74) is 3.85. The number of rotatable bonds is 10. The number of methoxy groups -OCH3 is 1. The molecule has 1 unspecified atom stereocenters. The van der Waals surface area contributed by atoms with Crippen molar-refractivity contribution >= 4 is 5.69 Å². The minimum absolute atomic E-state index is 0.295. The van der Waals surface area contributed by atoms with Crippen LogP contribution in [0.2, 0.25) is 0 Å². The fourth-order valence-electron chi connectivity index (χ4n) is 3.00. The van der Waals surface area contributed by atoms with Crippen LogP contribution in [0.3, 0.4) is 0 Å². The van der Waals surface area contributed by atoms with Crippen LogP contribution in [0.4, 0.5) is 5.69 Å². The first-order valence-corrected chi connectivity index (χ1v) is 9.07. The molecule has 0 aliphatic carbocycles. The summed E-state index contributed by atoms with van der Waals surface area (Å²) in [5.74, 6) is 0.894. The maximum Gasteiger partial charge on any atom is 0.118 e. The number of ether oxygens (including phenoxy) is 1. The Balaban J connectivity index is 1.90. The highest BCUT2D eigenvalue weighted by molar-refractivity contribution is 5.47. The van der Waals surface area contributed by atoms with E-state index in [1.54, 1.807) is 7.11 Å². The van der Waals surface area contributed by atoms with E-state index < -0.39 is 0 Å². The van der Waals surface area contributed by atoms with Gasteiger partial charge in [-0.1, -0.05) is 24.3 Å². The Morgan fingerprint density at radius 3 is 2.12 bits per heavy atom. The summed E-state index contributed by atoms with van der Waals surface area (Å²) in [6, 6.07) is 17.4. The van der Waals surface area contributed by atoms with E-state index in [0.29, 0.717) is 6.04 Å². The highest BCUT2D eigenvalue weighted by Gasteiger charge is 2.10. The number of hydrogen-bond donors (Lipinski definition) is 2. The summed E-state index contributed by atoms with van der Waals surface area (Å²) < 4.78 is 5.20. The van der Waals surface area contributed by atoms with Gasteiger partial charge in [-0.05, 0) is 56.3 Å². The lowest BCUT2D eigenvalue weighted by Crippen LogP contribution is -2.29. The SMILES string of the molecule is CCN(CC)c1ccc(C(CNCc2ccc(OC)cc2)NC)cc1. The molecule has 4 nitrogen and oxygen atoms in total. The van der Waals surface area contributed by atoms with E-state index in [2.05, 4.69) is 65.8 Å². The van der Waals surface area contributed by atoms with Crippen molar-refractivity contribution < 1.29 is 4.74 Å². The fourth-order valence-corrected chi connectivity index (χ4v) is 3.00. The number of nitrogens with zero attached hydrogens (tertiary/aromatic N) is 1. The maximum atomic E-state index is 5.20. The van der Waals surface area contributed by atoms with Gasteiger partial charge in [0.05, 0.1) is 7.11 Å². The molecule has 0 saturated heterocycles. The molecule has 0 amide bonds. The standard InChI is InChI=1S/C21H31N3O/c1-5-24(6-2)19-11-9-18(10-12-19)21(22-3)16-23-15-17-7-13-20(25-4)14-8-17/h7-14,21-23H,5-6,15-16H2,1-4H3. The van der Waals surface area contributed by atoms with Crippen molar-refractivity contribution in [3.8, 4) is 5.75 Å². The van der Waals surface area contributed by atoms with Gasteiger partial charge in [-0.3, -0.25) is 0 Å². The van der Waals surface area contributed by atoms with E-state index in [9.17, 15) is 0 Å². The zero-order valence-electron chi connectivity index (χ0n) is 15.9. The maximum absolute atomic E-state index is 5.20. The van der Waals surface area contributed by atoms with E-state index >= 15 is 0 Å². The number of hydrogen-bond acceptors (Lipinski definition) is 4. The molecule has 0 radical (unpaired) electrons. The van der Waals surface area contributed by atoms with Crippen LogP contribution in [0, 0.1) is 0 Å². The summed E-state index contributed by atoms with van der Waals surface area (Å²) >= 11 is 0. The van der Waals surface area contributed by atoms with Crippen molar-refractivity contribution in [1.82, 2.24) is 10.6 Å². The van der Waals surface area contributed by atoms with Crippen molar-refractivity contribution in [3.63, 3.8) is 0 Å². The van der Waals surface area contributed by atoms with Gasteiger partial charge in [0, 0.05) is 37.9 Å². The molecule has 2 N–H and O–H groups in total. The third-order valence-corrected chi connectivity index (χ3v) is 4.61. The lowest BCUT2D eigenvalue weighted by atomic mass is 10.1. The van der Waals surface area contributed by atoms with Gasteiger partial charge in [0.2, 0.25) is 0 Å². The van der Waals surface area contributed by atoms with Crippen LogP contribution in [-0.4, -0.2) is 33.8 Å². The van der Waals surface area contributed by atoms with E-state index in [1.165, 1.54) is 16.8 Å². The summed E-state index contributed by atoms with van der Waals surface area (Å²) in [4.78, 5) is 2.36. The van der Waals surface area contributed by atoms with Crippen LogP contribution < -0.4 is 20.3 Å². The highest BCUT2D eigenvalue weighted by atomic mass is 16.5. The van der Waals surface area contributed by atoms with Crippen LogP contribution in [-0.2, 0) is 6.54 Å². The van der Waals surface area contributed by atoms with Crippen LogP contribution >= 0.6 is 0 Å². The monoisotopic (exact) mass is 341 g/mol. The Morgan fingerprint density at radius 1 is 0.960 bits per heavy atom. The Labute approximate surface area is 152 Å². The van der Waals surface area contributed by atoms with Gasteiger partial charge in [-0.25, -0.2) is 0 Å². The van der Waals surface area contributed by atoms with Crippen molar-refractivity contribution in [3.05, 3.63) is 59.7 Å². The Bertz CT molecular complexity index is 606. The summed E-state index contributed by atoms with van der Waals surface area (Å²) in [7, 11) is 3.70. The van der Waals surface area contributed by atoms with Gasteiger partial charge in [0.15, 0.2) is 0 Å². The van der Waals surface area contributed by atoms with Crippen LogP contribution in [0.25, 0.3) is 0 Å². The van der Waals surface area contributed by atoms with Crippen LogP contribution in [0.15, 0.2) is 48.5 Å². The van der Waals surface area contributed by atoms with Crippen LogP contribution in [0.1, 0.15) is 31.0 Å². The Hall–Kier alpha value is -2.04. The quantitative estimate of drug-likeness (QED) is 0.692. The first kappa shape index (κ1) is 19.3. The second-order valence-electron chi connectivity index (χ2n) is 6.08. The van der Waals surface area contributed by atoms with Crippen molar-refractivity contribution in [2.75, 3.05) is 38.7 Å². The second-order valence-corrected chi connectivity index (χ2v) is 6.08. The number of nitrogens with one attached hydrogen (secondary N) is 2. The fraction of sp³-hybridized carbons (Fsp3) is 0.429. The average molecular weight is 341 g/mol. The molecule has 0 bridgehead atoms. The molecule has 0 saturated carbocycles. The van der Waals surface area contributed by atoms with Gasteiger partial charge in [-0.2, -0.15) is 0 Å². The third kappa shape index (κ3) is 5.48. The molecular weight excluding hydrogens is 310 g/mol. The molecule has 2 rings (SSSR count). The normalized spacial score (nSPS) is 12.0. The largest absolute Gasteiger partial charge is 0.497 e. The van der Waals surface area contributed by atoms with Gasteiger partial charge in [0.25, 0.3) is 0 Å². The smallest absolute Gasteiger partial charge is 0.118 e. The molecule has 0 aromatic heterocycles. The van der Waals surface area contributed by atoms with Crippen LogP contribution in [0.5, 0.6) is 5.75 Å². The van der Waals surface area contributed by atoms with Gasteiger partial charge in [0.1, 0.15) is 5.75 Å². The molecule has 4 heteroatoms. The van der Waals surface area contributed by atoms with Crippen molar-refractivity contribution in [2.45, 2.75) is 26.4 Å². The lowest BCUT2D eigenvalue weighted by Gasteiger charge is -2.23. The molecular formula is C21H31N3O. The minimum Gasteiger partial charge on any atom is -0.497 e. The zero-order valence-corrected chi connectivity index (χ0v) is 15.9. The predicted octanol–water partition coefficient (Wildman–Crippen LogP) is 3.59. The zero-order chi connectivity index (χ0) is 18.1. The summed E-state index contributed by atoms with van der Waals surface area (Å²) in [6.45, 7) is 8.18. The third-order valence-electron chi connectivity index (χ3n) is 4.61. The molecule has 2 aromatic carbocycles. The van der Waals surface area contributed by atoms with E-state index in [-0.39, 0.29) is 0 Å². The topological polar surface area (TPSA) is 36.5 Å². The summed E-state index contributed by atoms with van der Waals surface area (Å²) in [6.07, 6.45) is 0. The molecule has 0 aliphatic rings. The molecule has 2 aromatic rings. The molecule has 136 valence electrons. The molecule has 0 fully saturated rings. The van der Waals surface area contributed by atoms with E-state index in [1.807, 2.05) is 19.2 Å². The minimum atomic E-state index is 0.295. The molecule has 25 heavy (non-hydrogen) atoms. The number of benzene rings is 2. The molecule has 0 aliphatic heterocycles. The predicted molar refractivity (Wildman–Crippen MR) is 107 cm³/mol.